The highest BCUT2D eigenvalue weighted by molar-refractivity contribution is 6.33. The number of para-hydroxylation sites is 2. The molecule has 0 saturated carbocycles. The number of pyridine rings is 2. The quantitative estimate of drug-likeness (QED) is 0.107. The number of hydrogen-bond acceptors (Lipinski definition) is 14. The summed E-state index contributed by atoms with van der Waals surface area (Å²) in [6.07, 6.45) is 4.94. The van der Waals surface area contributed by atoms with E-state index in [-0.39, 0.29) is 23.2 Å². The number of fused-ring (bicyclic) bond motifs is 4. The van der Waals surface area contributed by atoms with Gasteiger partial charge in [0.15, 0.2) is 0 Å². The van der Waals surface area contributed by atoms with Crippen molar-refractivity contribution in [3.8, 4) is 22.3 Å². The Hall–Kier alpha value is -8.80. The molecule has 0 bridgehead atoms. The van der Waals surface area contributed by atoms with Crippen LogP contribution < -0.4 is 41.8 Å². The molecule has 3 N–H and O–H groups in total. The van der Waals surface area contributed by atoms with Crippen molar-refractivity contribution < 1.29 is 0 Å². The number of likely N-dealkylation sites (N-methyl/N-ethyl adjacent to an activating group) is 2. The number of piperazine rings is 2. The molecular formula is C67H64Cl2N14O2. The summed E-state index contributed by atoms with van der Waals surface area (Å²) in [7, 11) is 4.23. The van der Waals surface area contributed by atoms with Crippen LogP contribution in [-0.2, 0) is 19.4 Å². The molecule has 2 fully saturated rings. The second-order valence-electron chi connectivity index (χ2n) is 22.9. The summed E-state index contributed by atoms with van der Waals surface area (Å²) >= 11 is 13.9. The van der Waals surface area contributed by atoms with Crippen LogP contribution >= 0.6 is 23.2 Å². The summed E-state index contributed by atoms with van der Waals surface area (Å²) in [4.78, 5) is 61.1. The number of nitrogens with one attached hydrogen (secondary N) is 3. The summed E-state index contributed by atoms with van der Waals surface area (Å²) < 4.78 is 3.69. The Morgan fingerprint density at radius 2 is 1.08 bits per heavy atom. The van der Waals surface area contributed by atoms with Gasteiger partial charge in [0.2, 0.25) is 11.9 Å². The van der Waals surface area contributed by atoms with Gasteiger partial charge < -0.3 is 35.6 Å². The summed E-state index contributed by atoms with van der Waals surface area (Å²) in [6.45, 7) is 9.41. The number of aromatic nitrogens is 6. The van der Waals surface area contributed by atoms with Crippen LogP contribution in [0.15, 0.2) is 174 Å². The maximum Gasteiger partial charge on any atom is 0.260 e. The molecule has 0 radical (unpaired) electrons. The summed E-state index contributed by atoms with van der Waals surface area (Å²) in [5, 5.41) is 12.9. The van der Waals surface area contributed by atoms with E-state index in [0.717, 1.165) is 104 Å². The molecule has 8 heterocycles. The number of hydrogen-bond donors (Lipinski definition) is 3. The Morgan fingerprint density at radius 1 is 0.541 bits per heavy atom. The van der Waals surface area contributed by atoms with E-state index in [0.29, 0.717) is 81.4 Å². The SMILES string of the molecule is CN1CCN(c2ccc(Nc3ncc4cc(-c5ccc(CN6CCN(c7ccc(Nc8ncc9cc(-c%10ccccc%10Cl)c(=O)n(C%10Cc%11ccccc%11N(C)C%10)c9n8)cc7)CC6)cc5Cl)c(=O)n(C5CNc6ccccc6C5)c4n3)cc2)CC1. The number of anilines is 8. The fraction of sp³-hybridized carbons (Fsp3) is 0.254. The first-order chi connectivity index (χ1) is 41.5. The Balaban J connectivity index is 0.658. The van der Waals surface area contributed by atoms with Crippen LogP contribution in [0.3, 0.4) is 0 Å². The van der Waals surface area contributed by atoms with Crippen molar-refractivity contribution in [1.29, 1.82) is 0 Å². The van der Waals surface area contributed by atoms with Gasteiger partial charge in [-0.15, -0.1) is 0 Å². The molecule has 10 aromatic rings. The molecular weight excluding hydrogens is 1100 g/mol. The molecule has 0 aliphatic carbocycles. The monoisotopic (exact) mass is 1170 g/mol. The number of rotatable bonds is 12. The molecule has 18 heteroatoms. The van der Waals surface area contributed by atoms with Crippen LogP contribution in [0.2, 0.25) is 10.0 Å². The van der Waals surface area contributed by atoms with Gasteiger partial charge in [-0.25, -0.2) is 9.97 Å². The van der Waals surface area contributed by atoms with E-state index in [1.165, 1.54) is 16.9 Å². The lowest BCUT2D eigenvalue weighted by Gasteiger charge is -2.36. The first kappa shape index (κ1) is 54.2. The van der Waals surface area contributed by atoms with Gasteiger partial charge in [-0.2, -0.15) is 9.97 Å². The molecule has 4 aliphatic rings. The lowest BCUT2D eigenvalue weighted by molar-refractivity contribution is 0.250. The lowest BCUT2D eigenvalue weighted by atomic mass is 9.97. The average Bonchev–Trinajstić information content (AvgIpc) is 1.51. The van der Waals surface area contributed by atoms with Crippen molar-refractivity contribution in [1.82, 2.24) is 38.9 Å². The third kappa shape index (κ3) is 10.9. The largest absolute Gasteiger partial charge is 0.383 e. The maximum absolute atomic E-state index is 15.0. The predicted octanol–water partition coefficient (Wildman–Crippen LogP) is 11.5. The van der Waals surface area contributed by atoms with E-state index in [2.05, 4.69) is 121 Å². The Morgan fingerprint density at radius 3 is 1.71 bits per heavy atom. The van der Waals surface area contributed by atoms with Crippen molar-refractivity contribution >= 4 is 91.3 Å². The molecule has 6 aromatic carbocycles. The van der Waals surface area contributed by atoms with Crippen LogP contribution in [0.4, 0.5) is 46.0 Å². The third-order valence-corrected chi connectivity index (χ3v) is 18.0. The fourth-order valence-electron chi connectivity index (χ4n) is 12.8. The Kier molecular flexibility index (Phi) is 14.6. The zero-order valence-corrected chi connectivity index (χ0v) is 48.9. The standard InChI is InChI=1S/C67H64Cl2N14O2/c1-77-25-29-80(30-26-77)50-20-16-48(17-21-50)73-66-71-38-46-37-57(64(84)82(62(46)75-66)52-34-44-9-3-7-13-60(44)70-40-52)55-24-15-43(33-59(55)69)41-79-27-31-81(32-28-79)51-22-18-49(19-23-51)74-67-72-39-47-36-56(54-11-5-6-12-58(54)68)65(85)83(63(47)76-67)53-35-45-10-4-8-14-61(45)78(2)42-53/h3-24,33,36-39,52-53,70H,25-32,34-35,40-42H2,1-2H3,(H,71,73,75)(H,72,74,76). The number of halogens is 2. The molecule has 14 rings (SSSR count). The van der Waals surface area contributed by atoms with Crippen molar-refractivity contribution in [3.05, 3.63) is 211 Å². The first-order valence-electron chi connectivity index (χ1n) is 29.2. The second kappa shape index (κ2) is 23.0. The van der Waals surface area contributed by atoms with E-state index in [4.69, 9.17) is 43.1 Å². The van der Waals surface area contributed by atoms with Gasteiger partial charge >= 0.3 is 0 Å². The van der Waals surface area contributed by atoms with Crippen molar-refractivity contribution in [2.45, 2.75) is 31.5 Å². The van der Waals surface area contributed by atoms with Crippen molar-refractivity contribution in [3.63, 3.8) is 0 Å². The van der Waals surface area contributed by atoms with E-state index in [1.807, 2.05) is 94.1 Å². The third-order valence-electron chi connectivity index (χ3n) is 17.4. The van der Waals surface area contributed by atoms with Crippen LogP contribution in [0.25, 0.3) is 44.3 Å². The van der Waals surface area contributed by atoms with Gasteiger partial charge in [-0.05, 0) is 122 Å². The normalized spacial score (nSPS) is 17.4. The smallest absolute Gasteiger partial charge is 0.260 e. The molecule has 2 unspecified atom stereocenters. The zero-order chi connectivity index (χ0) is 57.7. The molecule has 16 nitrogen and oxygen atoms in total. The van der Waals surface area contributed by atoms with Gasteiger partial charge in [0.05, 0.1) is 12.1 Å². The number of nitrogens with zero attached hydrogens (tertiary/aromatic N) is 11. The minimum Gasteiger partial charge on any atom is -0.383 e. The fourth-order valence-corrected chi connectivity index (χ4v) is 13.3. The van der Waals surface area contributed by atoms with Gasteiger partial charge in [-0.3, -0.25) is 23.6 Å². The van der Waals surface area contributed by atoms with Gasteiger partial charge in [0.25, 0.3) is 11.1 Å². The molecule has 2 saturated heterocycles. The summed E-state index contributed by atoms with van der Waals surface area (Å²) in [5.41, 5.74) is 12.9. The topological polar surface area (TPSA) is 148 Å². The summed E-state index contributed by atoms with van der Waals surface area (Å²) in [5.74, 6) is 0.821. The van der Waals surface area contributed by atoms with Crippen LogP contribution in [-0.4, -0.2) is 118 Å². The molecule has 4 aromatic heterocycles. The Bertz CT molecular complexity index is 4270. The molecule has 2 atom stereocenters. The minimum absolute atomic E-state index is 0.142. The Labute approximate surface area is 502 Å². The zero-order valence-electron chi connectivity index (χ0n) is 47.4. The van der Waals surface area contributed by atoms with Crippen LogP contribution in [0, 0.1) is 0 Å². The van der Waals surface area contributed by atoms with E-state index < -0.39 is 0 Å². The lowest BCUT2D eigenvalue weighted by Crippen LogP contribution is -2.45. The van der Waals surface area contributed by atoms with Crippen molar-refractivity contribution in [2.24, 2.45) is 0 Å². The van der Waals surface area contributed by atoms with Crippen LogP contribution in [0.1, 0.15) is 28.8 Å². The summed E-state index contributed by atoms with van der Waals surface area (Å²) in [6, 6.07) is 50.3. The van der Waals surface area contributed by atoms with E-state index in [9.17, 15) is 4.79 Å². The van der Waals surface area contributed by atoms with E-state index in [1.54, 1.807) is 12.4 Å². The highest BCUT2D eigenvalue weighted by atomic mass is 35.5. The second-order valence-corrected chi connectivity index (χ2v) is 23.7. The average molecular weight is 1170 g/mol. The first-order valence-corrected chi connectivity index (χ1v) is 29.9. The maximum atomic E-state index is 15.0. The van der Waals surface area contributed by atoms with Gasteiger partial charge in [0.1, 0.15) is 11.3 Å². The predicted molar refractivity (Wildman–Crippen MR) is 345 cm³/mol. The minimum atomic E-state index is -0.208. The molecule has 85 heavy (non-hydrogen) atoms. The van der Waals surface area contributed by atoms with Crippen LogP contribution in [0.5, 0.6) is 0 Å². The highest BCUT2D eigenvalue weighted by Crippen LogP contribution is 2.36. The van der Waals surface area contributed by atoms with E-state index >= 15 is 4.79 Å². The van der Waals surface area contributed by atoms with Crippen molar-refractivity contribution in [2.75, 3.05) is 110 Å². The molecule has 4 aliphatic heterocycles. The number of benzene rings is 6. The molecule has 428 valence electrons. The van der Waals surface area contributed by atoms with Gasteiger partial charge in [-0.1, -0.05) is 89.9 Å². The van der Waals surface area contributed by atoms with Gasteiger partial charge in [0, 0.05) is 169 Å². The molecule has 0 amide bonds. The highest BCUT2D eigenvalue weighted by Gasteiger charge is 2.29. The molecule has 0 spiro atoms.